The maximum atomic E-state index is 5.86. The van der Waals surface area contributed by atoms with Gasteiger partial charge in [-0.2, -0.15) is 0 Å². The molecule has 10 heavy (non-hydrogen) atoms. The van der Waals surface area contributed by atoms with Crippen molar-refractivity contribution in [2.24, 2.45) is 5.41 Å². The Morgan fingerprint density at radius 1 is 1.40 bits per heavy atom. The monoisotopic (exact) mass is 162 g/mol. The van der Waals surface area contributed by atoms with E-state index in [4.69, 9.17) is 16.3 Å². The van der Waals surface area contributed by atoms with Crippen LogP contribution in [-0.4, -0.2) is 19.6 Å². The van der Waals surface area contributed by atoms with Gasteiger partial charge in [0.15, 0.2) is 0 Å². The van der Waals surface area contributed by atoms with Crippen molar-refractivity contribution in [2.75, 3.05) is 19.6 Å². The molecule has 0 bridgehead atoms. The van der Waals surface area contributed by atoms with Crippen LogP contribution in [0.4, 0.5) is 0 Å². The third-order valence-electron chi connectivity index (χ3n) is 2.40. The van der Waals surface area contributed by atoms with Crippen LogP contribution in [0, 0.1) is 5.41 Å². The van der Waals surface area contributed by atoms with Crippen molar-refractivity contribution in [3.05, 3.63) is 0 Å². The lowest BCUT2D eigenvalue weighted by Gasteiger charge is -2.24. The van der Waals surface area contributed by atoms with E-state index in [2.05, 4.69) is 0 Å². The van der Waals surface area contributed by atoms with Crippen LogP contribution in [0.1, 0.15) is 25.7 Å². The first-order valence-corrected chi connectivity index (χ1v) is 4.41. The van der Waals surface area contributed by atoms with Gasteiger partial charge >= 0.3 is 0 Å². The minimum absolute atomic E-state index is 0.330. The molecule has 0 aliphatic heterocycles. The summed E-state index contributed by atoms with van der Waals surface area (Å²) in [4.78, 5) is 0. The zero-order valence-electron chi connectivity index (χ0n) is 6.53. The molecule has 0 heterocycles. The summed E-state index contributed by atoms with van der Waals surface area (Å²) in [7, 11) is 1.76. The molecule has 0 aromatic carbocycles. The predicted octanol–water partition coefficient (Wildman–Crippen LogP) is 2.43. The van der Waals surface area contributed by atoms with Gasteiger partial charge in [0.2, 0.25) is 0 Å². The first kappa shape index (κ1) is 8.35. The minimum atomic E-state index is 0.330. The summed E-state index contributed by atoms with van der Waals surface area (Å²) >= 11 is 5.86. The summed E-state index contributed by atoms with van der Waals surface area (Å²) < 4.78 is 5.14. The van der Waals surface area contributed by atoms with Crippen molar-refractivity contribution < 1.29 is 4.74 Å². The van der Waals surface area contributed by atoms with Gasteiger partial charge in [0, 0.05) is 18.4 Å². The van der Waals surface area contributed by atoms with Gasteiger partial charge in [-0.1, -0.05) is 12.8 Å². The number of ether oxygens (including phenoxy) is 1. The maximum Gasteiger partial charge on any atom is 0.0530 e. The number of alkyl halides is 1. The molecule has 1 rings (SSSR count). The summed E-state index contributed by atoms with van der Waals surface area (Å²) in [5.74, 6) is 0.765. The number of rotatable bonds is 3. The zero-order valence-corrected chi connectivity index (χ0v) is 7.28. The van der Waals surface area contributed by atoms with Crippen molar-refractivity contribution in [1.82, 2.24) is 0 Å². The summed E-state index contributed by atoms with van der Waals surface area (Å²) in [5.41, 5.74) is 0.330. The van der Waals surface area contributed by atoms with Gasteiger partial charge in [0.05, 0.1) is 6.61 Å². The fourth-order valence-electron chi connectivity index (χ4n) is 1.75. The first-order valence-electron chi connectivity index (χ1n) is 3.88. The van der Waals surface area contributed by atoms with E-state index in [1.807, 2.05) is 0 Å². The Hall–Kier alpha value is 0.250. The summed E-state index contributed by atoms with van der Waals surface area (Å²) in [6.45, 7) is 0.844. The van der Waals surface area contributed by atoms with Crippen LogP contribution >= 0.6 is 11.6 Å². The van der Waals surface area contributed by atoms with Crippen molar-refractivity contribution >= 4 is 11.6 Å². The Morgan fingerprint density at radius 2 is 2.00 bits per heavy atom. The van der Waals surface area contributed by atoms with E-state index in [-0.39, 0.29) is 0 Å². The van der Waals surface area contributed by atoms with Crippen LogP contribution in [0.5, 0.6) is 0 Å². The lowest BCUT2D eigenvalue weighted by molar-refractivity contribution is 0.0990. The molecular formula is C8H15ClO. The molecule has 0 saturated heterocycles. The highest BCUT2D eigenvalue weighted by molar-refractivity contribution is 6.18. The van der Waals surface area contributed by atoms with E-state index < -0.39 is 0 Å². The Morgan fingerprint density at radius 3 is 2.40 bits per heavy atom. The standard InChI is InChI=1S/C8H15ClO/c1-10-7-8(6-9)4-2-3-5-8/h2-7H2,1H3. The zero-order chi connectivity index (χ0) is 7.45. The molecule has 1 fully saturated rings. The van der Waals surface area contributed by atoms with Gasteiger partial charge < -0.3 is 4.74 Å². The van der Waals surface area contributed by atoms with Gasteiger partial charge in [0.25, 0.3) is 0 Å². The summed E-state index contributed by atoms with van der Waals surface area (Å²) in [5, 5.41) is 0. The molecule has 1 nitrogen and oxygen atoms in total. The molecule has 60 valence electrons. The van der Waals surface area contributed by atoms with E-state index in [0.29, 0.717) is 5.41 Å². The average molecular weight is 163 g/mol. The van der Waals surface area contributed by atoms with Gasteiger partial charge in [-0.25, -0.2) is 0 Å². The Kier molecular flexibility index (Phi) is 2.99. The van der Waals surface area contributed by atoms with Crippen molar-refractivity contribution in [3.8, 4) is 0 Å². The highest BCUT2D eigenvalue weighted by Gasteiger charge is 2.32. The molecule has 0 amide bonds. The van der Waals surface area contributed by atoms with Crippen LogP contribution in [-0.2, 0) is 4.74 Å². The SMILES string of the molecule is COCC1(CCl)CCCC1. The molecule has 2 heteroatoms. The molecule has 0 aromatic rings. The molecule has 0 spiro atoms. The van der Waals surface area contributed by atoms with Crippen molar-refractivity contribution in [1.29, 1.82) is 0 Å². The average Bonchev–Trinajstić information content (AvgIpc) is 2.39. The molecule has 0 atom stereocenters. The second kappa shape index (κ2) is 3.59. The third kappa shape index (κ3) is 1.64. The molecule has 1 aliphatic carbocycles. The number of hydrogen-bond donors (Lipinski definition) is 0. The molecule has 1 aliphatic rings. The molecule has 1 saturated carbocycles. The number of halogens is 1. The quantitative estimate of drug-likeness (QED) is 0.580. The fraction of sp³-hybridized carbons (Fsp3) is 1.00. The molecule has 0 aromatic heterocycles. The van der Waals surface area contributed by atoms with Crippen LogP contribution in [0.2, 0.25) is 0 Å². The van der Waals surface area contributed by atoms with E-state index in [9.17, 15) is 0 Å². The van der Waals surface area contributed by atoms with E-state index in [1.54, 1.807) is 7.11 Å². The predicted molar refractivity (Wildman–Crippen MR) is 43.5 cm³/mol. The Labute approximate surface area is 67.7 Å². The number of methoxy groups -OCH3 is 1. The largest absolute Gasteiger partial charge is 0.384 e. The highest BCUT2D eigenvalue weighted by Crippen LogP contribution is 2.38. The van der Waals surface area contributed by atoms with Crippen LogP contribution < -0.4 is 0 Å². The molecule has 0 N–H and O–H groups in total. The van der Waals surface area contributed by atoms with Gasteiger partial charge in [-0.3, -0.25) is 0 Å². The van der Waals surface area contributed by atoms with Crippen LogP contribution in [0.3, 0.4) is 0 Å². The minimum Gasteiger partial charge on any atom is -0.384 e. The second-order valence-electron chi connectivity index (χ2n) is 3.27. The first-order chi connectivity index (χ1) is 4.83. The third-order valence-corrected chi connectivity index (χ3v) is 2.97. The van der Waals surface area contributed by atoms with Gasteiger partial charge in [0.1, 0.15) is 0 Å². The smallest absolute Gasteiger partial charge is 0.0530 e. The van der Waals surface area contributed by atoms with Gasteiger partial charge in [-0.05, 0) is 12.8 Å². The van der Waals surface area contributed by atoms with Gasteiger partial charge in [-0.15, -0.1) is 11.6 Å². The summed E-state index contributed by atoms with van der Waals surface area (Å²) in [6.07, 6.45) is 5.17. The van der Waals surface area contributed by atoms with E-state index >= 15 is 0 Å². The van der Waals surface area contributed by atoms with Crippen molar-refractivity contribution in [2.45, 2.75) is 25.7 Å². The highest BCUT2D eigenvalue weighted by atomic mass is 35.5. The number of hydrogen-bond acceptors (Lipinski definition) is 1. The lowest BCUT2D eigenvalue weighted by atomic mass is 9.90. The normalized spacial score (nSPS) is 23.4. The van der Waals surface area contributed by atoms with Crippen LogP contribution in [0.25, 0.3) is 0 Å². The fourth-order valence-corrected chi connectivity index (χ4v) is 2.09. The molecule has 0 unspecified atom stereocenters. The second-order valence-corrected chi connectivity index (χ2v) is 3.54. The molecular weight excluding hydrogens is 148 g/mol. The van der Waals surface area contributed by atoms with Crippen molar-refractivity contribution in [3.63, 3.8) is 0 Å². The van der Waals surface area contributed by atoms with Crippen LogP contribution in [0.15, 0.2) is 0 Å². The Bertz CT molecular complexity index is 97.4. The maximum absolute atomic E-state index is 5.86. The van der Waals surface area contributed by atoms with E-state index in [1.165, 1.54) is 25.7 Å². The Balaban J connectivity index is 2.41. The topological polar surface area (TPSA) is 9.23 Å². The molecule has 0 radical (unpaired) electrons. The van der Waals surface area contributed by atoms with E-state index in [0.717, 1.165) is 12.5 Å². The summed E-state index contributed by atoms with van der Waals surface area (Å²) in [6, 6.07) is 0. The lowest BCUT2D eigenvalue weighted by Crippen LogP contribution is -2.24.